The molecule has 110 valence electrons. The molecule has 0 saturated heterocycles. The molecular formula is C15H11ClN4OS. The summed E-state index contributed by atoms with van der Waals surface area (Å²) < 4.78 is 0. The van der Waals surface area contributed by atoms with Gasteiger partial charge >= 0.3 is 0 Å². The van der Waals surface area contributed by atoms with E-state index >= 15 is 0 Å². The molecule has 1 aromatic carbocycles. The molecule has 7 heteroatoms. The number of nitriles is 2. The summed E-state index contributed by atoms with van der Waals surface area (Å²) in [7, 11) is 0. The number of hydrogen-bond acceptors (Lipinski definition) is 6. The molecule has 0 bridgehead atoms. The summed E-state index contributed by atoms with van der Waals surface area (Å²) in [6.45, 7) is -0.0570. The molecule has 0 aliphatic heterocycles. The fourth-order valence-corrected chi connectivity index (χ4v) is 2.95. The van der Waals surface area contributed by atoms with Crippen LogP contribution in [0.15, 0.2) is 29.3 Å². The van der Waals surface area contributed by atoms with E-state index in [4.69, 9.17) is 22.4 Å². The number of rotatable bonds is 4. The highest BCUT2D eigenvalue weighted by atomic mass is 35.5. The number of halogens is 1. The van der Waals surface area contributed by atoms with E-state index in [0.717, 1.165) is 0 Å². The van der Waals surface area contributed by atoms with Crippen LogP contribution >= 0.6 is 23.4 Å². The number of nitrogen functional groups attached to an aromatic ring is 1. The monoisotopic (exact) mass is 330 g/mol. The van der Waals surface area contributed by atoms with E-state index < -0.39 is 0 Å². The first-order chi connectivity index (χ1) is 10.6. The van der Waals surface area contributed by atoms with Crippen molar-refractivity contribution in [2.75, 3.05) is 18.1 Å². The molecular weight excluding hydrogens is 320 g/mol. The van der Waals surface area contributed by atoms with Crippen LogP contribution in [0.4, 0.5) is 5.82 Å². The first-order valence-corrected chi connectivity index (χ1v) is 7.62. The Kier molecular flexibility index (Phi) is 5.24. The Labute approximate surface area is 137 Å². The molecule has 2 rings (SSSR count). The van der Waals surface area contributed by atoms with Crippen molar-refractivity contribution in [2.45, 2.75) is 5.03 Å². The van der Waals surface area contributed by atoms with E-state index in [1.165, 1.54) is 11.8 Å². The van der Waals surface area contributed by atoms with Gasteiger partial charge in [0.25, 0.3) is 0 Å². The smallest absolute Gasteiger partial charge is 0.143 e. The van der Waals surface area contributed by atoms with E-state index in [9.17, 15) is 10.5 Å². The number of hydrogen-bond donors (Lipinski definition) is 2. The highest BCUT2D eigenvalue weighted by Gasteiger charge is 2.21. The van der Waals surface area contributed by atoms with Crippen LogP contribution in [0.2, 0.25) is 5.02 Å². The summed E-state index contributed by atoms with van der Waals surface area (Å²) >= 11 is 7.40. The molecule has 0 aliphatic carbocycles. The van der Waals surface area contributed by atoms with Gasteiger partial charge in [-0.15, -0.1) is 11.8 Å². The highest BCUT2D eigenvalue weighted by molar-refractivity contribution is 7.99. The minimum atomic E-state index is -0.0570. The van der Waals surface area contributed by atoms with Gasteiger partial charge in [-0.05, 0) is 6.07 Å². The van der Waals surface area contributed by atoms with Gasteiger partial charge in [-0.3, -0.25) is 0 Å². The van der Waals surface area contributed by atoms with Crippen LogP contribution in [0.25, 0.3) is 11.1 Å². The summed E-state index contributed by atoms with van der Waals surface area (Å²) in [6, 6.07) is 11.0. The van der Waals surface area contributed by atoms with Gasteiger partial charge in [0.05, 0.1) is 12.2 Å². The van der Waals surface area contributed by atoms with E-state index in [2.05, 4.69) is 11.1 Å². The number of thioether (sulfide) groups is 1. The average Bonchev–Trinajstić information content (AvgIpc) is 2.52. The summed E-state index contributed by atoms with van der Waals surface area (Å²) in [5.41, 5.74) is 7.14. The van der Waals surface area contributed by atoms with Gasteiger partial charge < -0.3 is 10.8 Å². The van der Waals surface area contributed by atoms with Gasteiger partial charge in [0.1, 0.15) is 28.5 Å². The maximum Gasteiger partial charge on any atom is 0.143 e. The van der Waals surface area contributed by atoms with Gasteiger partial charge in [0.2, 0.25) is 0 Å². The molecule has 1 heterocycles. The van der Waals surface area contributed by atoms with Gasteiger partial charge in [-0.2, -0.15) is 10.5 Å². The zero-order chi connectivity index (χ0) is 16.1. The Morgan fingerprint density at radius 2 is 1.91 bits per heavy atom. The molecule has 3 N–H and O–H groups in total. The normalized spacial score (nSPS) is 10.0. The van der Waals surface area contributed by atoms with Crippen molar-refractivity contribution in [3.8, 4) is 23.3 Å². The van der Waals surface area contributed by atoms with Gasteiger partial charge in [0, 0.05) is 21.9 Å². The predicted octanol–water partition coefficient (Wildman–Crippen LogP) is 2.81. The van der Waals surface area contributed by atoms with E-state index in [1.807, 2.05) is 6.07 Å². The Morgan fingerprint density at radius 3 is 2.50 bits per heavy atom. The second kappa shape index (κ2) is 7.15. The van der Waals surface area contributed by atoms with E-state index in [1.54, 1.807) is 24.3 Å². The van der Waals surface area contributed by atoms with Crippen LogP contribution in [-0.2, 0) is 0 Å². The van der Waals surface area contributed by atoms with Crippen molar-refractivity contribution in [3.63, 3.8) is 0 Å². The Morgan fingerprint density at radius 1 is 1.23 bits per heavy atom. The fraction of sp³-hybridized carbons (Fsp3) is 0.133. The van der Waals surface area contributed by atoms with Crippen molar-refractivity contribution in [1.29, 1.82) is 10.5 Å². The average molecular weight is 331 g/mol. The molecule has 0 aliphatic rings. The minimum absolute atomic E-state index is 0.0388. The standard InChI is InChI=1S/C15H11ClN4OS/c16-12-4-2-1-3-9(12)13-10(7-17)14(19)20-15(11(13)8-18)22-6-5-21/h1-4,21H,5-6H2,(H2,19,20). The number of aliphatic hydroxyl groups is 1. The van der Waals surface area contributed by atoms with Crippen molar-refractivity contribution >= 4 is 29.2 Å². The third-order valence-electron chi connectivity index (χ3n) is 2.89. The molecule has 0 saturated carbocycles. The van der Waals surface area contributed by atoms with Gasteiger partial charge in [-0.25, -0.2) is 4.98 Å². The number of benzene rings is 1. The van der Waals surface area contributed by atoms with Crippen LogP contribution in [0.5, 0.6) is 0 Å². The van der Waals surface area contributed by atoms with E-state index in [0.29, 0.717) is 26.9 Å². The van der Waals surface area contributed by atoms with Crippen LogP contribution < -0.4 is 5.73 Å². The van der Waals surface area contributed by atoms with Gasteiger partial charge in [-0.1, -0.05) is 29.8 Å². The lowest BCUT2D eigenvalue weighted by Gasteiger charge is -2.13. The molecule has 5 nitrogen and oxygen atoms in total. The SMILES string of the molecule is N#Cc1c(N)nc(SCCO)c(C#N)c1-c1ccccc1Cl. The third-order valence-corrected chi connectivity index (χ3v) is 4.17. The maximum absolute atomic E-state index is 9.50. The van der Waals surface area contributed by atoms with Gasteiger partial charge in [0.15, 0.2) is 0 Å². The fourth-order valence-electron chi connectivity index (χ4n) is 1.98. The number of nitrogens with two attached hydrogens (primary N) is 1. The van der Waals surface area contributed by atoms with Crippen molar-refractivity contribution in [1.82, 2.24) is 4.98 Å². The summed E-state index contributed by atoms with van der Waals surface area (Å²) in [4.78, 5) is 4.11. The molecule has 0 fully saturated rings. The Bertz CT molecular complexity index is 795. The first kappa shape index (κ1) is 16.1. The number of nitrogens with zero attached hydrogens (tertiary/aromatic N) is 3. The van der Waals surface area contributed by atoms with Crippen LogP contribution in [-0.4, -0.2) is 22.5 Å². The summed E-state index contributed by atoms with van der Waals surface area (Å²) in [5.74, 6) is 0.409. The largest absolute Gasteiger partial charge is 0.396 e. The van der Waals surface area contributed by atoms with Crippen LogP contribution in [0, 0.1) is 22.7 Å². The highest BCUT2D eigenvalue weighted by Crippen LogP contribution is 2.38. The molecule has 0 spiro atoms. The number of aromatic nitrogens is 1. The molecule has 0 radical (unpaired) electrons. The lowest BCUT2D eigenvalue weighted by Crippen LogP contribution is -2.04. The first-order valence-electron chi connectivity index (χ1n) is 6.26. The quantitative estimate of drug-likeness (QED) is 0.835. The molecule has 0 amide bonds. The van der Waals surface area contributed by atoms with Crippen molar-refractivity contribution in [3.05, 3.63) is 40.4 Å². The Balaban J connectivity index is 2.81. The second-order valence-electron chi connectivity index (χ2n) is 4.20. The lowest BCUT2D eigenvalue weighted by molar-refractivity contribution is 0.322. The molecule has 22 heavy (non-hydrogen) atoms. The topological polar surface area (TPSA) is 107 Å². The summed E-state index contributed by atoms with van der Waals surface area (Å²) in [6.07, 6.45) is 0. The zero-order valence-electron chi connectivity index (χ0n) is 11.4. The third kappa shape index (κ3) is 3.00. The number of anilines is 1. The Hall–Kier alpha value is -2.25. The lowest BCUT2D eigenvalue weighted by atomic mass is 9.97. The van der Waals surface area contributed by atoms with Crippen LogP contribution in [0.3, 0.4) is 0 Å². The minimum Gasteiger partial charge on any atom is -0.396 e. The van der Waals surface area contributed by atoms with Crippen molar-refractivity contribution in [2.24, 2.45) is 0 Å². The molecule has 1 aromatic heterocycles. The van der Waals surface area contributed by atoms with Crippen molar-refractivity contribution < 1.29 is 5.11 Å². The van der Waals surface area contributed by atoms with E-state index in [-0.39, 0.29) is 23.6 Å². The van der Waals surface area contributed by atoms with Crippen LogP contribution in [0.1, 0.15) is 11.1 Å². The predicted molar refractivity (Wildman–Crippen MR) is 86.3 cm³/mol. The second-order valence-corrected chi connectivity index (χ2v) is 5.69. The molecule has 2 aromatic rings. The zero-order valence-corrected chi connectivity index (χ0v) is 12.9. The molecule has 0 atom stereocenters. The maximum atomic E-state index is 9.50. The summed E-state index contributed by atoms with van der Waals surface area (Å²) in [5, 5.41) is 28.6. The number of pyridine rings is 1. The molecule has 0 unspecified atom stereocenters. The number of aliphatic hydroxyl groups excluding tert-OH is 1.